The van der Waals surface area contributed by atoms with E-state index < -0.39 is 0 Å². The maximum Gasteiger partial charge on any atom is 0.184 e. The highest BCUT2D eigenvalue weighted by molar-refractivity contribution is 7.22. The van der Waals surface area contributed by atoms with Crippen molar-refractivity contribution in [3.8, 4) is 0 Å². The minimum absolute atomic E-state index is 0.675. The minimum Gasteiger partial charge on any atom is -0.356 e. The van der Waals surface area contributed by atoms with Gasteiger partial charge in [0.1, 0.15) is 0 Å². The summed E-state index contributed by atoms with van der Waals surface area (Å²) in [4.78, 5) is 8.74. The van der Waals surface area contributed by atoms with Crippen LogP contribution in [0.5, 0.6) is 0 Å². The van der Waals surface area contributed by atoms with Crippen molar-refractivity contribution in [3.05, 3.63) is 53.3 Å². The molecule has 90 valence electrons. The Balaban J connectivity index is 1.79. The molecule has 2 aromatic heterocycles. The molecule has 3 aromatic rings. The van der Waals surface area contributed by atoms with Crippen molar-refractivity contribution in [2.75, 3.05) is 5.32 Å². The first kappa shape index (κ1) is 11.4. The molecule has 0 bridgehead atoms. The van der Waals surface area contributed by atoms with Crippen LogP contribution in [0, 0.1) is 0 Å². The smallest absolute Gasteiger partial charge is 0.184 e. The van der Waals surface area contributed by atoms with Crippen LogP contribution in [-0.2, 0) is 6.54 Å². The Hall–Kier alpha value is -1.65. The zero-order valence-electron chi connectivity index (χ0n) is 9.43. The third kappa shape index (κ3) is 2.44. The number of aromatic nitrogens is 2. The summed E-state index contributed by atoms with van der Waals surface area (Å²) in [5.74, 6) is 0. The number of fused-ring (bicyclic) bond motifs is 1. The molecule has 0 saturated carbocycles. The van der Waals surface area contributed by atoms with E-state index in [0.717, 1.165) is 26.1 Å². The molecule has 0 aliphatic rings. The molecule has 2 heterocycles. The van der Waals surface area contributed by atoms with Crippen LogP contribution in [0.15, 0.2) is 42.6 Å². The predicted molar refractivity (Wildman–Crippen MR) is 76.2 cm³/mol. The minimum atomic E-state index is 0.675. The molecule has 0 spiro atoms. The van der Waals surface area contributed by atoms with Crippen LogP contribution in [0.2, 0.25) is 5.02 Å². The van der Waals surface area contributed by atoms with Crippen LogP contribution >= 0.6 is 22.9 Å². The quantitative estimate of drug-likeness (QED) is 0.786. The van der Waals surface area contributed by atoms with Crippen LogP contribution in [0.4, 0.5) is 5.13 Å². The first-order valence-corrected chi connectivity index (χ1v) is 6.70. The third-order valence-electron chi connectivity index (χ3n) is 2.50. The lowest BCUT2D eigenvalue weighted by Crippen LogP contribution is -2.00. The molecule has 0 atom stereocenters. The number of benzene rings is 1. The number of halogens is 1. The lowest BCUT2D eigenvalue weighted by molar-refractivity contribution is 1.04. The van der Waals surface area contributed by atoms with E-state index in [1.807, 2.05) is 36.4 Å². The van der Waals surface area contributed by atoms with Crippen molar-refractivity contribution in [3.63, 3.8) is 0 Å². The summed E-state index contributed by atoms with van der Waals surface area (Å²) in [6.07, 6.45) is 1.79. The first-order valence-electron chi connectivity index (χ1n) is 5.51. The largest absolute Gasteiger partial charge is 0.356 e. The van der Waals surface area contributed by atoms with Gasteiger partial charge in [-0.1, -0.05) is 29.0 Å². The summed E-state index contributed by atoms with van der Waals surface area (Å²) >= 11 is 7.55. The lowest BCUT2D eigenvalue weighted by Gasteiger charge is -2.00. The van der Waals surface area contributed by atoms with E-state index in [2.05, 4.69) is 15.3 Å². The summed E-state index contributed by atoms with van der Waals surface area (Å²) in [7, 11) is 0. The van der Waals surface area contributed by atoms with Gasteiger partial charge in [0.2, 0.25) is 0 Å². The van der Waals surface area contributed by atoms with E-state index in [1.165, 1.54) is 0 Å². The molecule has 18 heavy (non-hydrogen) atoms. The zero-order chi connectivity index (χ0) is 12.4. The SMILES string of the molecule is Clc1ccc2nc(NCc3ccccn3)sc2c1. The molecule has 0 amide bonds. The monoisotopic (exact) mass is 275 g/mol. The normalized spacial score (nSPS) is 10.7. The highest BCUT2D eigenvalue weighted by atomic mass is 35.5. The molecule has 1 aromatic carbocycles. The van der Waals surface area contributed by atoms with Gasteiger partial charge in [-0.2, -0.15) is 0 Å². The van der Waals surface area contributed by atoms with Crippen LogP contribution in [0.3, 0.4) is 0 Å². The number of hydrogen-bond acceptors (Lipinski definition) is 4. The fourth-order valence-electron chi connectivity index (χ4n) is 1.64. The van der Waals surface area contributed by atoms with Gasteiger partial charge in [0.25, 0.3) is 0 Å². The standard InChI is InChI=1S/C13H10ClN3S/c14-9-4-5-11-12(7-9)18-13(17-11)16-8-10-3-1-2-6-15-10/h1-7H,8H2,(H,16,17). The predicted octanol–water partition coefficient (Wildman–Crippen LogP) is 3.96. The Bertz CT molecular complexity index is 666. The molecule has 0 saturated heterocycles. The van der Waals surface area contributed by atoms with Gasteiger partial charge in [0, 0.05) is 11.2 Å². The van der Waals surface area contributed by atoms with Gasteiger partial charge < -0.3 is 5.32 Å². The maximum atomic E-state index is 5.95. The molecule has 0 aliphatic heterocycles. The molecular formula is C13H10ClN3S. The zero-order valence-corrected chi connectivity index (χ0v) is 11.0. The molecule has 5 heteroatoms. The van der Waals surface area contributed by atoms with Crippen LogP contribution in [0.25, 0.3) is 10.2 Å². The fraction of sp³-hybridized carbons (Fsp3) is 0.0769. The Morgan fingerprint density at radius 3 is 3.00 bits per heavy atom. The molecule has 0 unspecified atom stereocenters. The van der Waals surface area contributed by atoms with E-state index >= 15 is 0 Å². The number of pyridine rings is 1. The number of anilines is 1. The molecule has 0 aliphatic carbocycles. The number of nitrogens with zero attached hydrogens (tertiary/aromatic N) is 2. The Kier molecular flexibility index (Phi) is 3.13. The molecular weight excluding hydrogens is 266 g/mol. The van der Waals surface area contributed by atoms with Gasteiger partial charge in [-0.3, -0.25) is 4.98 Å². The van der Waals surface area contributed by atoms with Crippen molar-refractivity contribution < 1.29 is 0 Å². The number of thiazole rings is 1. The molecule has 3 nitrogen and oxygen atoms in total. The summed E-state index contributed by atoms with van der Waals surface area (Å²) in [6, 6.07) is 11.6. The molecule has 0 fully saturated rings. The maximum absolute atomic E-state index is 5.95. The highest BCUT2D eigenvalue weighted by Crippen LogP contribution is 2.28. The van der Waals surface area contributed by atoms with Crippen molar-refractivity contribution in [2.24, 2.45) is 0 Å². The second kappa shape index (κ2) is 4.92. The Morgan fingerprint density at radius 1 is 1.22 bits per heavy atom. The Labute approximate surface area is 113 Å². The second-order valence-electron chi connectivity index (χ2n) is 3.81. The average Bonchev–Trinajstić information content (AvgIpc) is 2.79. The summed E-state index contributed by atoms with van der Waals surface area (Å²) in [5, 5.41) is 4.90. The second-order valence-corrected chi connectivity index (χ2v) is 5.27. The number of hydrogen-bond donors (Lipinski definition) is 1. The van der Waals surface area contributed by atoms with Gasteiger partial charge >= 0.3 is 0 Å². The summed E-state index contributed by atoms with van der Waals surface area (Å²) < 4.78 is 1.09. The van der Waals surface area contributed by atoms with Crippen LogP contribution < -0.4 is 5.32 Å². The number of nitrogens with one attached hydrogen (secondary N) is 1. The topological polar surface area (TPSA) is 37.8 Å². The van der Waals surface area contributed by atoms with E-state index in [-0.39, 0.29) is 0 Å². The van der Waals surface area contributed by atoms with Gasteiger partial charge in [-0.25, -0.2) is 4.98 Å². The van der Waals surface area contributed by atoms with E-state index in [4.69, 9.17) is 11.6 Å². The van der Waals surface area contributed by atoms with Crippen molar-refractivity contribution in [1.82, 2.24) is 9.97 Å². The summed E-state index contributed by atoms with van der Waals surface area (Å²) in [6.45, 7) is 0.675. The van der Waals surface area contributed by atoms with Crippen molar-refractivity contribution in [1.29, 1.82) is 0 Å². The van der Waals surface area contributed by atoms with Crippen molar-refractivity contribution in [2.45, 2.75) is 6.54 Å². The fourth-order valence-corrected chi connectivity index (χ4v) is 2.78. The van der Waals surface area contributed by atoms with Gasteiger partial charge in [0.05, 0.1) is 22.5 Å². The third-order valence-corrected chi connectivity index (χ3v) is 3.71. The van der Waals surface area contributed by atoms with Crippen LogP contribution in [0.1, 0.15) is 5.69 Å². The van der Waals surface area contributed by atoms with E-state index in [0.29, 0.717) is 6.54 Å². The van der Waals surface area contributed by atoms with Crippen molar-refractivity contribution >= 4 is 38.3 Å². The summed E-state index contributed by atoms with van der Waals surface area (Å²) in [5.41, 5.74) is 1.96. The lowest BCUT2D eigenvalue weighted by atomic mass is 10.3. The number of rotatable bonds is 3. The molecule has 0 radical (unpaired) electrons. The van der Waals surface area contributed by atoms with Gasteiger partial charge in [0.15, 0.2) is 5.13 Å². The van der Waals surface area contributed by atoms with Gasteiger partial charge in [-0.05, 0) is 30.3 Å². The molecule has 3 rings (SSSR count). The van der Waals surface area contributed by atoms with Crippen LogP contribution in [-0.4, -0.2) is 9.97 Å². The van der Waals surface area contributed by atoms with E-state index in [9.17, 15) is 0 Å². The Morgan fingerprint density at radius 2 is 2.17 bits per heavy atom. The highest BCUT2D eigenvalue weighted by Gasteiger charge is 2.04. The molecule has 1 N–H and O–H groups in total. The first-order chi connectivity index (χ1) is 8.81. The van der Waals surface area contributed by atoms with E-state index in [1.54, 1.807) is 17.5 Å². The van der Waals surface area contributed by atoms with Gasteiger partial charge in [-0.15, -0.1) is 0 Å². The average molecular weight is 276 g/mol.